The van der Waals surface area contributed by atoms with Crippen LogP contribution in [0.2, 0.25) is 0 Å². The molecular formula is C31H48NO6P. The fourth-order valence-electron chi connectivity index (χ4n) is 9.60. The molecule has 1 unspecified atom stereocenters. The lowest BCUT2D eigenvalue weighted by molar-refractivity contribution is -0.191. The third-order valence-electron chi connectivity index (χ3n) is 12.3. The summed E-state index contributed by atoms with van der Waals surface area (Å²) in [7, 11) is -4.57. The van der Waals surface area contributed by atoms with Crippen molar-refractivity contribution in [2.24, 2.45) is 50.7 Å². The molecule has 0 aromatic carbocycles. The Morgan fingerprint density at radius 1 is 0.923 bits per heavy atom. The third-order valence-corrected chi connectivity index (χ3v) is 12.7. The van der Waals surface area contributed by atoms with Crippen LogP contribution in [0.4, 0.5) is 0 Å². The summed E-state index contributed by atoms with van der Waals surface area (Å²) < 4.78 is 16.5. The van der Waals surface area contributed by atoms with E-state index in [-0.39, 0.29) is 57.9 Å². The Morgan fingerprint density at radius 2 is 1.51 bits per heavy atom. The van der Waals surface area contributed by atoms with E-state index in [9.17, 15) is 29.2 Å². The molecule has 3 saturated carbocycles. The van der Waals surface area contributed by atoms with Crippen molar-refractivity contribution < 1.29 is 28.5 Å². The van der Waals surface area contributed by atoms with Gasteiger partial charge in [-0.1, -0.05) is 54.5 Å². The van der Waals surface area contributed by atoms with E-state index in [2.05, 4.69) is 40.7 Å². The van der Waals surface area contributed by atoms with Gasteiger partial charge in [0.25, 0.3) is 0 Å². The van der Waals surface area contributed by atoms with Crippen LogP contribution in [0.3, 0.4) is 0 Å². The predicted molar refractivity (Wildman–Crippen MR) is 149 cm³/mol. The molecule has 4 aliphatic rings. The number of hydrogen-bond donors (Lipinski definition) is 2. The smallest absolute Gasteiger partial charge is 0.303 e. The lowest BCUT2D eigenvalue weighted by Crippen LogP contribution is -2.65. The van der Waals surface area contributed by atoms with Crippen LogP contribution in [0.15, 0.2) is 11.6 Å². The topological polar surface area (TPSA) is 125 Å². The normalized spacial score (nSPS) is 42.3. The Bertz CT molecular complexity index is 1150. The molecule has 39 heavy (non-hydrogen) atoms. The standard InChI is InChI=1S/C31H48NO6P/c1-27(2)12-8-20(19-38-39(35,36)37)9-14-30(6)22(10-13-27)23(33)16-25-29(5)17-21(18-32)26(34)28(3,4)24(29)11-15-31(25,30)7/h17,20,22,24-25H,8-16,19H2,1-7H3,(H2,35,36,37)/t20-,22?,24-,25+,29-,30+,31+/m0/s1. The molecular weight excluding hydrogens is 513 g/mol. The molecule has 0 bridgehead atoms. The van der Waals surface area contributed by atoms with Crippen molar-refractivity contribution in [2.75, 3.05) is 6.61 Å². The number of carbonyl (C=O) groups excluding carboxylic acids is 2. The Hall–Kier alpha value is -1.32. The summed E-state index contributed by atoms with van der Waals surface area (Å²) in [5, 5.41) is 9.89. The largest absolute Gasteiger partial charge is 0.469 e. The minimum Gasteiger partial charge on any atom is -0.303 e. The number of ketones is 2. The molecule has 8 heteroatoms. The quantitative estimate of drug-likeness (QED) is 0.364. The average molecular weight is 562 g/mol. The molecule has 0 aromatic heterocycles. The first-order valence-electron chi connectivity index (χ1n) is 14.7. The maximum absolute atomic E-state index is 14.2. The SMILES string of the molecule is CC1(C)CCC2C(=O)C[C@@H]3[C@@]4(C)C=C(C#N)C(=O)C(C)(C)[C@@H]4CC[C@@]3(C)[C@]2(C)CC[C@@H](COP(=O)(O)O)CC1. The number of hydrogen-bond acceptors (Lipinski definition) is 5. The summed E-state index contributed by atoms with van der Waals surface area (Å²) in [5.41, 5.74) is -1.38. The molecule has 4 rings (SSSR count). The summed E-state index contributed by atoms with van der Waals surface area (Å²) in [6, 6.07) is 2.18. The summed E-state index contributed by atoms with van der Waals surface area (Å²) in [5.74, 6) is 0.184. The van der Waals surface area contributed by atoms with E-state index in [0.717, 1.165) is 51.4 Å². The van der Waals surface area contributed by atoms with Crippen molar-refractivity contribution >= 4 is 19.4 Å². The molecule has 0 spiro atoms. The third kappa shape index (κ3) is 5.14. The molecule has 0 aliphatic heterocycles. The van der Waals surface area contributed by atoms with Crippen LogP contribution in [0, 0.1) is 62.1 Å². The van der Waals surface area contributed by atoms with Crippen LogP contribution < -0.4 is 0 Å². The number of phosphoric ester groups is 1. The lowest BCUT2D eigenvalue weighted by atomic mass is 9.35. The van der Waals surface area contributed by atoms with E-state index < -0.39 is 18.7 Å². The van der Waals surface area contributed by atoms with Crippen molar-refractivity contribution in [3.63, 3.8) is 0 Å². The number of nitriles is 1. The van der Waals surface area contributed by atoms with Gasteiger partial charge in [0.15, 0.2) is 5.78 Å². The number of allylic oxidation sites excluding steroid dienone is 2. The molecule has 0 saturated heterocycles. The number of phosphoric acid groups is 1. The van der Waals surface area contributed by atoms with Crippen LogP contribution in [0.1, 0.15) is 106 Å². The van der Waals surface area contributed by atoms with Gasteiger partial charge in [0.05, 0.1) is 12.2 Å². The zero-order chi connectivity index (χ0) is 29.2. The van der Waals surface area contributed by atoms with Crippen LogP contribution in [-0.4, -0.2) is 28.0 Å². The number of Topliss-reactive ketones (excluding diaryl/α,β-unsaturated/α-hetero) is 2. The molecule has 7 atom stereocenters. The van der Waals surface area contributed by atoms with Crippen molar-refractivity contribution in [1.82, 2.24) is 0 Å². The van der Waals surface area contributed by atoms with Gasteiger partial charge in [-0.3, -0.25) is 14.1 Å². The Labute approximate surface area is 234 Å². The summed E-state index contributed by atoms with van der Waals surface area (Å²) >= 11 is 0. The molecule has 218 valence electrons. The predicted octanol–water partition coefficient (Wildman–Crippen LogP) is 6.79. The van der Waals surface area contributed by atoms with E-state index in [0.29, 0.717) is 12.2 Å². The van der Waals surface area contributed by atoms with Gasteiger partial charge in [-0.05, 0) is 90.8 Å². The molecule has 3 fully saturated rings. The van der Waals surface area contributed by atoms with Gasteiger partial charge in [0, 0.05) is 17.8 Å². The molecule has 0 heterocycles. The highest BCUT2D eigenvalue weighted by molar-refractivity contribution is 7.46. The highest BCUT2D eigenvalue weighted by atomic mass is 31.2. The molecule has 7 nitrogen and oxygen atoms in total. The highest BCUT2D eigenvalue weighted by Gasteiger charge is 2.68. The monoisotopic (exact) mass is 561 g/mol. The second-order valence-electron chi connectivity index (χ2n) is 15.2. The maximum Gasteiger partial charge on any atom is 0.469 e. The number of fused-ring (bicyclic) bond motifs is 5. The van der Waals surface area contributed by atoms with Gasteiger partial charge in [0.1, 0.15) is 11.9 Å². The van der Waals surface area contributed by atoms with Crippen molar-refractivity contribution in [1.29, 1.82) is 5.26 Å². The average Bonchev–Trinajstić information content (AvgIpc) is 2.81. The van der Waals surface area contributed by atoms with Gasteiger partial charge >= 0.3 is 7.82 Å². The molecule has 0 amide bonds. The van der Waals surface area contributed by atoms with Crippen LogP contribution >= 0.6 is 7.82 Å². The lowest BCUT2D eigenvalue weighted by Gasteiger charge is -2.68. The zero-order valence-corrected chi connectivity index (χ0v) is 25.8. The van der Waals surface area contributed by atoms with Gasteiger partial charge < -0.3 is 9.79 Å². The van der Waals surface area contributed by atoms with E-state index in [1.165, 1.54) is 0 Å². The summed E-state index contributed by atoms with van der Waals surface area (Å²) in [4.78, 5) is 46.1. The van der Waals surface area contributed by atoms with E-state index in [1.54, 1.807) is 0 Å². The van der Waals surface area contributed by atoms with Crippen molar-refractivity contribution in [3.05, 3.63) is 11.6 Å². The van der Waals surface area contributed by atoms with Gasteiger partial charge in [-0.15, -0.1) is 0 Å². The van der Waals surface area contributed by atoms with Gasteiger partial charge in [-0.2, -0.15) is 5.26 Å². The first kappa shape index (κ1) is 30.6. The second-order valence-corrected chi connectivity index (χ2v) is 16.5. The van der Waals surface area contributed by atoms with E-state index >= 15 is 0 Å². The van der Waals surface area contributed by atoms with Gasteiger partial charge in [-0.25, -0.2) is 4.57 Å². The summed E-state index contributed by atoms with van der Waals surface area (Å²) in [6.45, 7) is 15.2. The first-order valence-corrected chi connectivity index (χ1v) is 16.2. The van der Waals surface area contributed by atoms with Crippen molar-refractivity contribution in [3.8, 4) is 6.07 Å². The molecule has 4 aliphatic carbocycles. The number of rotatable bonds is 3. The fourth-order valence-corrected chi connectivity index (χ4v) is 10.0. The maximum atomic E-state index is 14.2. The molecule has 0 radical (unpaired) electrons. The van der Waals surface area contributed by atoms with Crippen LogP contribution in [0.25, 0.3) is 0 Å². The Kier molecular flexibility index (Phi) is 7.78. The van der Waals surface area contributed by atoms with Crippen LogP contribution in [-0.2, 0) is 18.7 Å². The number of nitrogens with zero attached hydrogens (tertiary/aromatic N) is 1. The van der Waals surface area contributed by atoms with Crippen molar-refractivity contribution in [2.45, 2.75) is 106 Å². The van der Waals surface area contributed by atoms with E-state index in [4.69, 9.17) is 4.52 Å². The Morgan fingerprint density at radius 3 is 2.13 bits per heavy atom. The highest BCUT2D eigenvalue weighted by Crippen LogP contribution is 2.72. The first-order chi connectivity index (χ1) is 17.8. The minimum atomic E-state index is -4.57. The fraction of sp³-hybridized carbons (Fsp3) is 0.839. The summed E-state index contributed by atoms with van der Waals surface area (Å²) in [6.07, 6.45) is 9.20. The molecule has 0 aromatic rings. The van der Waals surface area contributed by atoms with E-state index in [1.807, 2.05) is 19.9 Å². The Balaban J connectivity index is 1.78. The minimum absolute atomic E-state index is 0.00481. The second kappa shape index (κ2) is 9.90. The zero-order valence-electron chi connectivity index (χ0n) is 24.9. The van der Waals surface area contributed by atoms with Crippen LogP contribution in [0.5, 0.6) is 0 Å². The number of carbonyl (C=O) groups is 2. The van der Waals surface area contributed by atoms with Gasteiger partial charge in [0.2, 0.25) is 0 Å². The molecule has 2 N–H and O–H groups in total.